The summed E-state index contributed by atoms with van der Waals surface area (Å²) in [6, 6.07) is 0. The molecular weight excluding hydrogens is 164 g/mol. The molecule has 0 aliphatic rings. The lowest BCUT2D eigenvalue weighted by Crippen LogP contribution is -1.93. The summed E-state index contributed by atoms with van der Waals surface area (Å²) in [4.78, 5) is 10.6. The molecule has 0 radical (unpaired) electrons. The van der Waals surface area contributed by atoms with Gasteiger partial charge in [0.1, 0.15) is 0 Å². The second-order valence-electron chi connectivity index (χ2n) is 2.46. The highest BCUT2D eigenvalue weighted by Crippen LogP contribution is 1.93. The van der Waals surface area contributed by atoms with E-state index in [-0.39, 0.29) is 5.97 Å². The monoisotopic (exact) mass is 180 g/mol. The van der Waals surface area contributed by atoms with Crippen LogP contribution in [0.15, 0.2) is 36.5 Å². The van der Waals surface area contributed by atoms with Crippen molar-refractivity contribution in [3.63, 3.8) is 0 Å². The maximum atomic E-state index is 10.6. The summed E-state index contributed by atoms with van der Waals surface area (Å²) in [7, 11) is 1.37. The molecule has 0 saturated heterocycles. The predicted octanol–water partition coefficient (Wildman–Crippen LogP) is 2.63. The Morgan fingerprint density at radius 2 is 1.92 bits per heavy atom. The maximum Gasteiger partial charge on any atom is 0.330 e. The van der Waals surface area contributed by atoms with E-state index in [0.717, 1.165) is 12.8 Å². The van der Waals surface area contributed by atoms with Gasteiger partial charge in [0.2, 0.25) is 0 Å². The zero-order valence-corrected chi connectivity index (χ0v) is 8.19. The highest BCUT2D eigenvalue weighted by molar-refractivity contribution is 5.81. The number of allylic oxidation sites excluding steroid dienone is 5. The predicted molar refractivity (Wildman–Crippen MR) is 54.3 cm³/mol. The van der Waals surface area contributed by atoms with Gasteiger partial charge in [0.05, 0.1) is 7.11 Å². The van der Waals surface area contributed by atoms with Crippen LogP contribution in [0.1, 0.15) is 19.8 Å². The van der Waals surface area contributed by atoms with Gasteiger partial charge in [0.15, 0.2) is 0 Å². The lowest BCUT2D eigenvalue weighted by molar-refractivity contribution is -0.134. The van der Waals surface area contributed by atoms with Crippen LogP contribution in [0.3, 0.4) is 0 Å². The Hall–Kier alpha value is -1.31. The second-order valence-corrected chi connectivity index (χ2v) is 2.46. The van der Waals surface area contributed by atoms with Crippen LogP contribution in [0.5, 0.6) is 0 Å². The summed E-state index contributed by atoms with van der Waals surface area (Å²) in [5.41, 5.74) is 0. The van der Waals surface area contributed by atoms with E-state index in [9.17, 15) is 4.79 Å². The molecule has 72 valence electrons. The molecular formula is C11H16O2. The third kappa shape index (κ3) is 8.60. The number of esters is 1. The number of methoxy groups -OCH3 is 1. The molecule has 2 nitrogen and oxygen atoms in total. The van der Waals surface area contributed by atoms with Gasteiger partial charge < -0.3 is 4.74 Å². The SMILES string of the molecule is CC=CC=CCCC=CC(=O)OC. The Bertz CT molecular complexity index is 212. The van der Waals surface area contributed by atoms with E-state index in [4.69, 9.17) is 0 Å². The van der Waals surface area contributed by atoms with Crippen molar-refractivity contribution < 1.29 is 9.53 Å². The zero-order chi connectivity index (χ0) is 9.94. The summed E-state index contributed by atoms with van der Waals surface area (Å²) in [5.74, 6) is -0.294. The van der Waals surface area contributed by atoms with Crippen LogP contribution >= 0.6 is 0 Å². The molecule has 0 aliphatic carbocycles. The fourth-order valence-corrected chi connectivity index (χ4v) is 0.726. The number of carbonyl (C=O) groups is 1. The van der Waals surface area contributed by atoms with E-state index in [1.54, 1.807) is 0 Å². The van der Waals surface area contributed by atoms with Crippen molar-refractivity contribution in [3.05, 3.63) is 36.5 Å². The number of hydrogen-bond acceptors (Lipinski definition) is 2. The molecule has 0 fully saturated rings. The summed E-state index contributed by atoms with van der Waals surface area (Å²) >= 11 is 0. The van der Waals surface area contributed by atoms with Gasteiger partial charge in [-0.1, -0.05) is 30.4 Å². The molecule has 0 aromatic heterocycles. The molecule has 0 rings (SSSR count). The van der Waals surface area contributed by atoms with Crippen molar-refractivity contribution in [2.45, 2.75) is 19.8 Å². The van der Waals surface area contributed by atoms with Gasteiger partial charge in [-0.3, -0.25) is 0 Å². The van der Waals surface area contributed by atoms with Crippen molar-refractivity contribution in [1.29, 1.82) is 0 Å². The zero-order valence-electron chi connectivity index (χ0n) is 8.19. The van der Waals surface area contributed by atoms with E-state index in [1.807, 2.05) is 31.2 Å². The topological polar surface area (TPSA) is 26.3 Å². The first-order chi connectivity index (χ1) is 6.31. The lowest BCUT2D eigenvalue weighted by Gasteiger charge is -1.88. The van der Waals surface area contributed by atoms with Crippen LogP contribution < -0.4 is 0 Å². The van der Waals surface area contributed by atoms with Crippen LogP contribution in [-0.2, 0) is 9.53 Å². The fraction of sp³-hybridized carbons (Fsp3) is 0.364. The Labute approximate surface area is 79.6 Å². The first kappa shape index (κ1) is 11.7. The first-order valence-corrected chi connectivity index (χ1v) is 4.33. The number of ether oxygens (including phenoxy) is 1. The Kier molecular flexibility index (Phi) is 7.90. The minimum Gasteiger partial charge on any atom is -0.466 e. The molecule has 0 heterocycles. The molecule has 13 heavy (non-hydrogen) atoms. The van der Waals surface area contributed by atoms with Crippen molar-refractivity contribution >= 4 is 5.97 Å². The molecule has 0 atom stereocenters. The van der Waals surface area contributed by atoms with Crippen LogP contribution in [-0.4, -0.2) is 13.1 Å². The number of rotatable bonds is 5. The van der Waals surface area contributed by atoms with Crippen LogP contribution in [0.25, 0.3) is 0 Å². The van der Waals surface area contributed by atoms with Crippen molar-refractivity contribution in [3.8, 4) is 0 Å². The average molecular weight is 180 g/mol. The Morgan fingerprint density at radius 1 is 1.23 bits per heavy atom. The second kappa shape index (κ2) is 8.78. The number of hydrogen-bond donors (Lipinski definition) is 0. The van der Waals surface area contributed by atoms with Crippen molar-refractivity contribution in [1.82, 2.24) is 0 Å². The van der Waals surface area contributed by atoms with Gasteiger partial charge in [-0.2, -0.15) is 0 Å². The molecule has 0 N–H and O–H groups in total. The maximum absolute atomic E-state index is 10.6. The molecule has 0 aliphatic heterocycles. The quantitative estimate of drug-likeness (QED) is 0.281. The van der Waals surface area contributed by atoms with Gasteiger partial charge in [-0.25, -0.2) is 4.79 Å². The Balaban J connectivity index is 3.45. The van der Waals surface area contributed by atoms with Gasteiger partial charge in [-0.05, 0) is 19.8 Å². The number of unbranched alkanes of at least 4 members (excludes halogenated alkanes) is 1. The fourth-order valence-electron chi connectivity index (χ4n) is 0.726. The normalized spacial score (nSPS) is 11.8. The molecule has 0 aromatic rings. The molecule has 0 spiro atoms. The molecule has 0 bridgehead atoms. The van der Waals surface area contributed by atoms with Crippen molar-refractivity contribution in [2.75, 3.05) is 7.11 Å². The molecule has 0 saturated carbocycles. The first-order valence-electron chi connectivity index (χ1n) is 4.33. The highest BCUT2D eigenvalue weighted by atomic mass is 16.5. The largest absolute Gasteiger partial charge is 0.466 e. The Morgan fingerprint density at radius 3 is 2.54 bits per heavy atom. The van der Waals surface area contributed by atoms with Crippen LogP contribution in [0.2, 0.25) is 0 Å². The van der Waals surface area contributed by atoms with E-state index in [2.05, 4.69) is 10.8 Å². The third-order valence-corrected chi connectivity index (χ3v) is 1.39. The van der Waals surface area contributed by atoms with Gasteiger partial charge in [0.25, 0.3) is 0 Å². The van der Waals surface area contributed by atoms with Gasteiger partial charge in [0, 0.05) is 6.08 Å². The standard InChI is InChI=1S/C11H16O2/c1-3-4-5-6-7-8-9-10-11(12)13-2/h3-6,9-10H,7-8H2,1-2H3. The summed E-state index contributed by atoms with van der Waals surface area (Å²) in [6.45, 7) is 1.97. The van der Waals surface area contributed by atoms with E-state index in [1.165, 1.54) is 13.2 Å². The van der Waals surface area contributed by atoms with Crippen molar-refractivity contribution in [2.24, 2.45) is 0 Å². The minimum absolute atomic E-state index is 0.294. The van der Waals surface area contributed by atoms with E-state index in [0.29, 0.717) is 0 Å². The highest BCUT2D eigenvalue weighted by Gasteiger charge is 1.87. The number of carbonyl (C=O) groups excluding carboxylic acids is 1. The third-order valence-electron chi connectivity index (χ3n) is 1.39. The minimum atomic E-state index is -0.294. The van der Waals surface area contributed by atoms with Gasteiger partial charge in [-0.15, -0.1) is 0 Å². The average Bonchev–Trinajstić information content (AvgIpc) is 2.16. The smallest absolute Gasteiger partial charge is 0.330 e. The summed E-state index contributed by atoms with van der Waals surface area (Å²) in [5, 5.41) is 0. The van der Waals surface area contributed by atoms with Crippen LogP contribution in [0.4, 0.5) is 0 Å². The summed E-state index contributed by atoms with van der Waals surface area (Å²) in [6.07, 6.45) is 13.1. The molecule has 0 unspecified atom stereocenters. The van der Waals surface area contributed by atoms with Gasteiger partial charge >= 0.3 is 5.97 Å². The lowest BCUT2D eigenvalue weighted by atomic mass is 10.2. The van der Waals surface area contributed by atoms with E-state index < -0.39 is 0 Å². The molecule has 2 heteroatoms. The molecule has 0 aromatic carbocycles. The van der Waals surface area contributed by atoms with E-state index >= 15 is 0 Å². The molecule has 0 amide bonds. The summed E-state index contributed by atoms with van der Waals surface area (Å²) < 4.78 is 4.44. The van der Waals surface area contributed by atoms with Crippen LogP contribution in [0, 0.1) is 0 Å².